The summed E-state index contributed by atoms with van der Waals surface area (Å²) >= 11 is 0. The van der Waals surface area contributed by atoms with Gasteiger partial charge in [0.15, 0.2) is 5.75 Å². The Morgan fingerprint density at radius 2 is 1.32 bits per heavy atom. The van der Waals surface area contributed by atoms with Gasteiger partial charge in [-0.05, 0) is 60.6 Å². The molecular weight excluding hydrogens is 476 g/mol. The number of nitrogens with one attached hydrogen (secondary N) is 1. The first-order valence-corrected chi connectivity index (χ1v) is 11.6. The van der Waals surface area contributed by atoms with Crippen molar-refractivity contribution in [3.8, 4) is 5.75 Å². The Labute approximate surface area is 216 Å². The third kappa shape index (κ3) is 8.71. The lowest BCUT2D eigenvalue weighted by atomic mass is 10.2. The van der Waals surface area contributed by atoms with E-state index >= 15 is 0 Å². The molecule has 1 N–H and O–H groups in total. The van der Waals surface area contributed by atoms with E-state index < -0.39 is 23.4 Å². The smallest absolute Gasteiger partial charge is 0.427 e. The Morgan fingerprint density at radius 1 is 0.811 bits per heavy atom. The van der Waals surface area contributed by atoms with Gasteiger partial charge in [0, 0.05) is 23.6 Å². The number of aryl methyl sites for hydroxylation is 1. The zero-order valence-corrected chi connectivity index (χ0v) is 22.1. The SMILES string of the molecule is Cc1ccc(Nc2ncc(COc3cnc(N(C(=O)OC(C)(C)C)C(=O)OC(C)(C)C)nc3)cn2)cc1. The van der Waals surface area contributed by atoms with Crippen molar-refractivity contribution in [3.05, 3.63) is 60.2 Å². The number of rotatable bonds is 6. The summed E-state index contributed by atoms with van der Waals surface area (Å²) in [4.78, 5) is 42.9. The average Bonchev–Trinajstić information content (AvgIpc) is 2.79. The molecule has 2 amide bonds. The fourth-order valence-corrected chi connectivity index (χ4v) is 2.78. The van der Waals surface area contributed by atoms with Crippen molar-refractivity contribution in [3.63, 3.8) is 0 Å². The largest absolute Gasteiger partial charge is 0.486 e. The highest BCUT2D eigenvalue weighted by atomic mass is 16.6. The molecule has 11 heteroatoms. The molecule has 37 heavy (non-hydrogen) atoms. The summed E-state index contributed by atoms with van der Waals surface area (Å²) in [6.45, 7) is 12.3. The zero-order valence-electron chi connectivity index (χ0n) is 22.1. The highest BCUT2D eigenvalue weighted by molar-refractivity contribution is 6.08. The molecule has 0 fully saturated rings. The number of carbonyl (C=O) groups is 2. The summed E-state index contributed by atoms with van der Waals surface area (Å²) in [5.74, 6) is 0.578. The summed E-state index contributed by atoms with van der Waals surface area (Å²) < 4.78 is 16.4. The maximum Gasteiger partial charge on any atom is 0.427 e. The van der Waals surface area contributed by atoms with Gasteiger partial charge in [-0.3, -0.25) is 0 Å². The first-order chi connectivity index (χ1) is 17.3. The highest BCUT2D eigenvalue weighted by Gasteiger charge is 2.34. The minimum Gasteiger partial charge on any atom is -0.486 e. The summed E-state index contributed by atoms with van der Waals surface area (Å²) in [5, 5.41) is 3.13. The molecule has 196 valence electrons. The lowest BCUT2D eigenvalue weighted by Crippen LogP contribution is -2.44. The second-order valence-corrected chi connectivity index (χ2v) is 10.2. The monoisotopic (exact) mass is 508 g/mol. The van der Waals surface area contributed by atoms with E-state index in [4.69, 9.17) is 14.2 Å². The summed E-state index contributed by atoms with van der Waals surface area (Å²) in [5.41, 5.74) is 1.10. The number of carbonyl (C=O) groups excluding carboxylic acids is 2. The lowest BCUT2D eigenvalue weighted by Gasteiger charge is -2.27. The Morgan fingerprint density at radius 3 is 1.81 bits per heavy atom. The molecule has 11 nitrogen and oxygen atoms in total. The van der Waals surface area contributed by atoms with Crippen LogP contribution in [0.2, 0.25) is 0 Å². The van der Waals surface area contributed by atoms with Gasteiger partial charge >= 0.3 is 12.2 Å². The van der Waals surface area contributed by atoms with Gasteiger partial charge < -0.3 is 19.5 Å². The molecule has 2 heterocycles. The van der Waals surface area contributed by atoms with Crippen LogP contribution in [0.4, 0.5) is 27.2 Å². The average molecular weight is 509 g/mol. The van der Waals surface area contributed by atoms with Crippen molar-refractivity contribution in [1.82, 2.24) is 19.9 Å². The molecule has 0 radical (unpaired) electrons. The second kappa shape index (κ2) is 11.2. The van der Waals surface area contributed by atoms with Crippen molar-refractivity contribution in [2.75, 3.05) is 10.2 Å². The molecule has 0 saturated heterocycles. The van der Waals surface area contributed by atoms with Crippen molar-refractivity contribution in [2.24, 2.45) is 0 Å². The molecule has 1 aromatic carbocycles. The number of imide groups is 1. The molecule has 3 rings (SSSR count). The number of hydrogen-bond acceptors (Lipinski definition) is 10. The Kier molecular flexibility index (Phi) is 8.26. The number of ether oxygens (including phenoxy) is 3. The Balaban J connectivity index is 1.65. The quantitative estimate of drug-likeness (QED) is 0.451. The maximum absolute atomic E-state index is 12.7. The van der Waals surface area contributed by atoms with Gasteiger partial charge in [-0.25, -0.2) is 29.5 Å². The van der Waals surface area contributed by atoms with Gasteiger partial charge in [0.1, 0.15) is 17.8 Å². The Hall–Kier alpha value is -4.28. The minimum atomic E-state index is -0.952. The van der Waals surface area contributed by atoms with Gasteiger partial charge in [0.2, 0.25) is 11.9 Å². The first kappa shape index (κ1) is 27.3. The van der Waals surface area contributed by atoms with Crippen LogP contribution in [0.3, 0.4) is 0 Å². The zero-order chi connectivity index (χ0) is 27.2. The van der Waals surface area contributed by atoms with E-state index in [0.29, 0.717) is 16.6 Å². The Bertz CT molecular complexity index is 1170. The first-order valence-electron chi connectivity index (χ1n) is 11.6. The number of nitrogens with zero attached hydrogens (tertiary/aromatic N) is 5. The lowest BCUT2D eigenvalue weighted by molar-refractivity contribution is 0.0427. The molecule has 0 bridgehead atoms. The van der Waals surface area contributed by atoms with E-state index in [2.05, 4.69) is 25.3 Å². The van der Waals surface area contributed by atoms with E-state index in [1.807, 2.05) is 31.2 Å². The van der Waals surface area contributed by atoms with Crippen LogP contribution in [-0.2, 0) is 16.1 Å². The third-order valence-electron chi connectivity index (χ3n) is 4.39. The van der Waals surface area contributed by atoms with Gasteiger partial charge in [0.05, 0.1) is 12.4 Å². The number of anilines is 3. The molecule has 0 atom stereocenters. The molecule has 0 aliphatic rings. The predicted molar refractivity (Wildman–Crippen MR) is 138 cm³/mol. The van der Waals surface area contributed by atoms with Crippen molar-refractivity contribution in [2.45, 2.75) is 66.3 Å². The van der Waals surface area contributed by atoms with Crippen LogP contribution in [0.5, 0.6) is 5.75 Å². The van der Waals surface area contributed by atoms with Gasteiger partial charge in [-0.2, -0.15) is 0 Å². The van der Waals surface area contributed by atoms with Crippen LogP contribution >= 0.6 is 0 Å². The van der Waals surface area contributed by atoms with Crippen LogP contribution < -0.4 is 15.0 Å². The van der Waals surface area contributed by atoms with Crippen molar-refractivity contribution < 1.29 is 23.8 Å². The number of hydrogen-bond donors (Lipinski definition) is 1. The summed E-state index contributed by atoms with van der Waals surface area (Å²) in [6, 6.07) is 7.90. The summed E-state index contributed by atoms with van der Waals surface area (Å²) in [6.07, 6.45) is 4.08. The highest BCUT2D eigenvalue weighted by Crippen LogP contribution is 2.20. The van der Waals surface area contributed by atoms with Crippen molar-refractivity contribution in [1.29, 1.82) is 0 Å². The van der Waals surface area contributed by atoms with Crippen molar-refractivity contribution >= 4 is 29.8 Å². The predicted octanol–water partition coefficient (Wildman–Crippen LogP) is 5.57. The van der Waals surface area contributed by atoms with Crippen LogP contribution in [0, 0.1) is 6.92 Å². The van der Waals surface area contributed by atoms with Crippen LogP contribution in [0.25, 0.3) is 0 Å². The number of aromatic nitrogens is 4. The van der Waals surface area contributed by atoms with Crippen LogP contribution in [-0.4, -0.2) is 43.3 Å². The molecule has 0 aliphatic carbocycles. The third-order valence-corrected chi connectivity index (χ3v) is 4.39. The molecule has 0 unspecified atom stereocenters. The fraction of sp³-hybridized carbons (Fsp3) is 0.385. The molecule has 0 spiro atoms. The maximum atomic E-state index is 12.7. The standard InChI is InChI=1S/C26H32N6O5/c1-17-8-10-19(11-9-17)31-21-27-12-18(13-28-21)16-35-20-14-29-22(30-15-20)32(23(33)36-25(2,3)4)24(34)37-26(5,6)7/h8-15H,16H2,1-7H3,(H,27,28,31). The van der Waals surface area contributed by atoms with E-state index in [0.717, 1.165) is 11.3 Å². The minimum absolute atomic E-state index is 0.162. The van der Waals surface area contributed by atoms with Gasteiger partial charge in [-0.1, -0.05) is 17.7 Å². The topological polar surface area (TPSA) is 129 Å². The second-order valence-electron chi connectivity index (χ2n) is 10.2. The fourth-order valence-electron chi connectivity index (χ4n) is 2.78. The number of benzene rings is 1. The number of amides is 2. The summed E-state index contributed by atoms with van der Waals surface area (Å²) in [7, 11) is 0. The van der Waals surface area contributed by atoms with E-state index in [1.54, 1.807) is 53.9 Å². The van der Waals surface area contributed by atoms with Gasteiger partial charge in [-0.15, -0.1) is 4.90 Å². The van der Waals surface area contributed by atoms with Gasteiger partial charge in [0.25, 0.3) is 0 Å². The molecule has 3 aromatic rings. The molecular formula is C26H32N6O5. The van der Waals surface area contributed by atoms with Crippen LogP contribution in [0.15, 0.2) is 49.1 Å². The van der Waals surface area contributed by atoms with Crippen LogP contribution in [0.1, 0.15) is 52.7 Å². The van der Waals surface area contributed by atoms with E-state index in [1.165, 1.54) is 18.0 Å². The van der Waals surface area contributed by atoms with E-state index in [-0.39, 0.29) is 12.6 Å². The molecule has 0 aliphatic heterocycles. The molecule has 2 aromatic heterocycles. The molecule has 0 saturated carbocycles. The normalized spacial score (nSPS) is 11.4. The van der Waals surface area contributed by atoms with E-state index in [9.17, 15) is 9.59 Å².